The molecular weight excluding hydrogens is 458 g/mol. The van der Waals surface area contributed by atoms with E-state index in [0.29, 0.717) is 22.1 Å². The molecule has 1 N–H and O–H groups in total. The number of benzene rings is 2. The SMILES string of the molecule is Cc1c(F)cccc1C(=O)Nc1ccc(C(=O)N2CCCCc3sc(Cl)cc32)c(Cl)c1. The van der Waals surface area contributed by atoms with Crippen LogP contribution < -0.4 is 10.2 Å². The first-order chi connectivity index (χ1) is 14.8. The highest BCUT2D eigenvalue weighted by Gasteiger charge is 2.26. The maximum atomic E-state index is 13.7. The second-order valence-corrected chi connectivity index (χ2v) is 9.51. The molecule has 0 saturated carbocycles. The van der Waals surface area contributed by atoms with Crippen LogP contribution in [-0.2, 0) is 6.42 Å². The molecule has 160 valence electrons. The topological polar surface area (TPSA) is 49.4 Å². The number of amides is 2. The van der Waals surface area contributed by atoms with Gasteiger partial charge >= 0.3 is 0 Å². The van der Waals surface area contributed by atoms with Gasteiger partial charge in [0, 0.05) is 22.7 Å². The summed E-state index contributed by atoms with van der Waals surface area (Å²) in [7, 11) is 0. The summed E-state index contributed by atoms with van der Waals surface area (Å²) in [6.07, 6.45) is 2.78. The highest BCUT2D eigenvalue weighted by Crippen LogP contribution is 2.38. The summed E-state index contributed by atoms with van der Waals surface area (Å²) in [5.74, 6) is -1.10. The van der Waals surface area contributed by atoms with E-state index >= 15 is 0 Å². The van der Waals surface area contributed by atoms with Gasteiger partial charge in [0.25, 0.3) is 11.8 Å². The molecule has 0 fully saturated rings. The Balaban J connectivity index is 1.57. The zero-order valence-electron chi connectivity index (χ0n) is 16.7. The van der Waals surface area contributed by atoms with Crippen LogP contribution in [-0.4, -0.2) is 18.4 Å². The van der Waals surface area contributed by atoms with Crippen LogP contribution in [0.4, 0.5) is 15.8 Å². The average Bonchev–Trinajstić information content (AvgIpc) is 2.98. The minimum absolute atomic E-state index is 0.207. The van der Waals surface area contributed by atoms with Crippen molar-refractivity contribution in [3.63, 3.8) is 0 Å². The molecule has 0 atom stereocenters. The maximum Gasteiger partial charge on any atom is 0.259 e. The Kier molecular flexibility index (Phi) is 6.32. The number of anilines is 2. The highest BCUT2D eigenvalue weighted by atomic mass is 35.5. The number of thiophene rings is 1. The lowest BCUT2D eigenvalue weighted by molar-refractivity contribution is 0.0986. The Labute approximate surface area is 193 Å². The van der Waals surface area contributed by atoms with E-state index in [1.165, 1.54) is 29.5 Å². The van der Waals surface area contributed by atoms with Crippen molar-refractivity contribution in [2.24, 2.45) is 0 Å². The van der Waals surface area contributed by atoms with Crippen LogP contribution in [0.2, 0.25) is 9.36 Å². The normalized spacial score (nSPS) is 13.5. The first kappa shape index (κ1) is 21.8. The first-order valence-corrected chi connectivity index (χ1v) is 11.4. The summed E-state index contributed by atoms with van der Waals surface area (Å²) in [6, 6.07) is 10.9. The van der Waals surface area contributed by atoms with E-state index in [1.807, 2.05) is 6.07 Å². The molecule has 31 heavy (non-hydrogen) atoms. The van der Waals surface area contributed by atoms with E-state index in [-0.39, 0.29) is 22.1 Å². The predicted octanol–water partition coefficient (Wildman–Crippen LogP) is 6.74. The van der Waals surface area contributed by atoms with E-state index in [9.17, 15) is 14.0 Å². The maximum absolute atomic E-state index is 13.7. The molecular formula is C23H19Cl2FN2O2S. The number of nitrogens with one attached hydrogen (secondary N) is 1. The van der Waals surface area contributed by atoms with E-state index < -0.39 is 11.7 Å². The molecule has 0 radical (unpaired) electrons. The molecule has 8 heteroatoms. The van der Waals surface area contributed by atoms with Gasteiger partial charge in [0.15, 0.2) is 0 Å². The minimum atomic E-state index is -0.447. The van der Waals surface area contributed by atoms with Crippen molar-refractivity contribution in [2.75, 3.05) is 16.8 Å². The number of aryl methyl sites for hydroxylation is 1. The third kappa shape index (κ3) is 4.47. The van der Waals surface area contributed by atoms with Gasteiger partial charge < -0.3 is 10.2 Å². The van der Waals surface area contributed by atoms with Gasteiger partial charge in [-0.15, -0.1) is 11.3 Å². The van der Waals surface area contributed by atoms with Gasteiger partial charge in [0.2, 0.25) is 0 Å². The number of carbonyl (C=O) groups is 2. The molecule has 4 nitrogen and oxygen atoms in total. The van der Waals surface area contributed by atoms with Crippen molar-refractivity contribution in [1.82, 2.24) is 0 Å². The third-order valence-electron chi connectivity index (χ3n) is 5.30. The van der Waals surface area contributed by atoms with Crippen LogP contribution in [0.15, 0.2) is 42.5 Å². The van der Waals surface area contributed by atoms with Gasteiger partial charge in [-0.2, -0.15) is 0 Å². The smallest absolute Gasteiger partial charge is 0.259 e. The average molecular weight is 477 g/mol. The number of nitrogens with zero attached hydrogens (tertiary/aromatic N) is 1. The highest BCUT2D eigenvalue weighted by molar-refractivity contribution is 7.16. The van der Waals surface area contributed by atoms with E-state index in [2.05, 4.69) is 5.32 Å². The minimum Gasteiger partial charge on any atom is -0.322 e. The molecule has 0 spiro atoms. The molecule has 1 aliphatic rings. The summed E-state index contributed by atoms with van der Waals surface area (Å²) in [6.45, 7) is 2.14. The lowest BCUT2D eigenvalue weighted by Gasteiger charge is -2.22. The number of fused-ring (bicyclic) bond motifs is 1. The Morgan fingerprint density at radius 3 is 2.68 bits per heavy atom. The fraction of sp³-hybridized carbons (Fsp3) is 0.217. The van der Waals surface area contributed by atoms with E-state index in [0.717, 1.165) is 29.8 Å². The number of rotatable bonds is 3. The summed E-state index contributed by atoms with van der Waals surface area (Å²) < 4.78 is 14.4. The van der Waals surface area contributed by atoms with Gasteiger partial charge in [-0.05, 0) is 68.1 Å². The second-order valence-electron chi connectivity index (χ2n) is 7.33. The number of carbonyl (C=O) groups excluding carboxylic acids is 2. The molecule has 4 rings (SSSR count). The van der Waals surface area contributed by atoms with E-state index in [4.69, 9.17) is 23.2 Å². The Morgan fingerprint density at radius 2 is 1.90 bits per heavy atom. The largest absolute Gasteiger partial charge is 0.322 e. The fourth-order valence-electron chi connectivity index (χ4n) is 3.65. The first-order valence-electron chi connectivity index (χ1n) is 9.81. The van der Waals surface area contributed by atoms with Crippen LogP contribution in [0.25, 0.3) is 0 Å². The molecule has 0 unspecified atom stereocenters. The van der Waals surface area contributed by atoms with Gasteiger partial charge in [0.05, 0.1) is 20.6 Å². The summed E-state index contributed by atoms with van der Waals surface area (Å²) in [4.78, 5) is 28.6. The summed E-state index contributed by atoms with van der Waals surface area (Å²) in [5.41, 5.74) is 2.11. The molecule has 0 saturated heterocycles. The summed E-state index contributed by atoms with van der Waals surface area (Å²) >= 11 is 14.1. The zero-order chi connectivity index (χ0) is 22.1. The second kappa shape index (κ2) is 8.99. The van der Waals surface area contributed by atoms with Gasteiger partial charge in [-0.3, -0.25) is 9.59 Å². The van der Waals surface area contributed by atoms with Crippen LogP contribution in [0.3, 0.4) is 0 Å². The van der Waals surface area contributed by atoms with Crippen molar-refractivity contribution in [1.29, 1.82) is 0 Å². The molecule has 1 aliphatic heterocycles. The quantitative estimate of drug-likeness (QED) is 0.454. The molecule has 0 aliphatic carbocycles. The Hall–Kier alpha value is -2.41. The van der Waals surface area contributed by atoms with Crippen molar-refractivity contribution in [3.8, 4) is 0 Å². The number of hydrogen-bond acceptors (Lipinski definition) is 3. The van der Waals surface area contributed by atoms with Crippen LogP contribution in [0.5, 0.6) is 0 Å². The van der Waals surface area contributed by atoms with Gasteiger partial charge in [0.1, 0.15) is 5.82 Å². The lowest BCUT2D eigenvalue weighted by atomic mass is 10.1. The van der Waals surface area contributed by atoms with E-state index in [1.54, 1.807) is 30.0 Å². The fourth-order valence-corrected chi connectivity index (χ4v) is 5.22. The van der Waals surface area contributed by atoms with Gasteiger partial charge in [-0.1, -0.05) is 29.3 Å². The van der Waals surface area contributed by atoms with Crippen molar-refractivity contribution in [3.05, 3.63) is 79.2 Å². The zero-order valence-corrected chi connectivity index (χ0v) is 19.0. The van der Waals surface area contributed by atoms with Crippen molar-refractivity contribution >= 4 is 57.7 Å². The Morgan fingerprint density at radius 1 is 1.10 bits per heavy atom. The molecule has 2 heterocycles. The molecule has 0 bridgehead atoms. The van der Waals surface area contributed by atoms with Crippen LogP contribution >= 0.6 is 34.5 Å². The Bertz CT molecular complexity index is 1180. The van der Waals surface area contributed by atoms with Crippen LogP contribution in [0, 0.1) is 12.7 Å². The summed E-state index contributed by atoms with van der Waals surface area (Å²) in [5, 5.41) is 2.94. The van der Waals surface area contributed by atoms with Gasteiger partial charge in [-0.25, -0.2) is 4.39 Å². The predicted molar refractivity (Wildman–Crippen MR) is 124 cm³/mol. The molecule has 2 amide bonds. The van der Waals surface area contributed by atoms with Crippen LogP contribution in [0.1, 0.15) is 44.0 Å². The van der Waals surface area contributed by atoms with Crippen molar-refractivity contribution < 1.29 is 14.0 Å². The van der Waals surface area contributed by atoms with Crippen molar-refractivity contribution in [2.45, 2.75) is 26.2 Å². The number of halogens is 3. The molecule has 2 aromatic carbocycles. The third-order valence-corrected chi connectivity index (χ3v) is 6.92. The number of hydrogen-bond donors (Lipinski definition) is 1. The standard InChI is InChI=1S/C23H19Cl2FN2O2S/c1-13-15(5-4-6-18(13)26)22(29)27-14-8-9-16(17(24)11-14)23(30)28-10-3-2-7-20-19(28)12-21(25)31-20/h4-6,8-9,11-12H,2-3,7,10H2,1H3,(H,27,29). The lowest BCUT2D eigenvalue weighted by Crippen LogP contribution is -2.31. The molecule has 1 aromatic heterocycles. The monoisotopic (exact) mass is 476 g/mol. The molecule has 3 aromatic rings.